The number of alkyl halides is 3. The average molecular weight is 303 g/mol. The van der Waals surface area contributed by atoms with Crippen molar-refractivity contribution in [1.82, 2.24) is 10.3 Å². The molecule has 4 nitrogen and oxygen atoms in total. The molecule has 7 heteroatoms. The summed E-state index contributed by atoms with van der Waals surface area (Å²) in [4.78, 5) is 12.5. The normalized spacial score (nSPS) is 11.7. The summed E-state index contributed by atoms with van der Waals surface area (Å²) in [7, 11) is 0. The molecule has 0 atom stereocenters. The number of amides is 1. The summed E-state index contributed by atoms with van der Waals surface area (Å²) < 4.78 is 37.4. The van der Waals surface area contributed by atoms with Crippen molar-refractivity contribution in [3.8, 4) is 0 Å². The number of carbonyl (C=O) groups excluding carboxylic acids is 1. The molecule has 1 rings (SSSR count). The molecule has 0 heterocycles. The summed E-state index contributed by atoms with van der Waals surface area (Å²) in [5.41, 5.74) is 3.58. The highest BCUT2D eigenvalue weighted by molar-refractivity contribution is 5.77. The molecule has 118 valence electrons. The van der Waals surface area contributed by atoms with E-state index in [-0.39, 0.29) is 18.9 Å². The van der Waals surface area contributed by atoms with Crippen molar-refractivity contribution >= 4 is 5.91 Å². The Morgan fingerprint density at radius 1 is 1.24 bits per heavy atom. The third kappa shape index (κ3) is 7.10. The van der Waals surface area contributed by atoms with Crippen molar-refractivity contribution in [1.29, 1.82) is 0 Å². The van der Waals surface area contributed by atoms with Gasteiger partial charge in [0.15, 0.2) is 0 Å². The number of halogens is 3. The lowest BCUT2D eigenvalue weighted by atomic mass is 10.1. The molecule has 0 unspecified atom stereocenters. The van der Waals surface area contributed by atoms with Crippen LogP contribution in [0.4, 0.5) is 13.2 Å². The Morgan fingerprint density at radius 2 is 1.81 bits per heavy atom. The monoisotopic (exact) mass is 303 g/mol. The summed E-state index contributed by atoms with van der Waals surface area (Å²) in [6.07, 6.45) is -3.39. The van der Waals surface area contributed by atoms with E-state index >= 15 is 0 Å². The fraction of sp³-hybridized carbons (Fsp3) is 0.500. The molecule has 0 saturated heterocycles. The second kappa shape index (κ2) is 7.99. The molecule has 21 heavy (non-hydrogen) atoms. The lowest BCUT2D eigenvalue weighted by molar-refractivity contribution is -0.147. The number of carbonyl (C=O) groups is 1. The Morgan fingerprint density at radius 3 is 2.29 bits per heavy atom. The minimum absolute atomic E-state index is 0.151. The summed E-state index contributed by atoms with van der Waals surface area (Å²) in [6, 6.07) is 6.92. The van der Waals surface area contributed by atoms with Gasteiger partial charge in [0, 0.05) is 6.54 Å². The van der Waals surface area contributed by atoms with E-state index in [2.05, 4.69) is 0 Å². The molecule has 0 spiro atoms. The van der Waals surface area contributed by atoms with E-state index in [9.17, 15) is 18.0 Å². The zero-order chi connectivity index (χ0) is 15.9. The maximum absolute atomic E-state index is 12.5. The molecule has 0 saturated carbocycles. The Labute approximate surface area is 122 Å². The van der Waals surface area contributed by atoms with Gasteiger partial charge in [-0.2, -0.15) is 13.2 Å². The van der Waals surface area contributed by atoms with Gasteiger partial charge in [0.1, 0.15) is 0 Å². The molecule has 0 aromatic heterocycles. The van der Waals surface area contributed by atoms with Crippen LogP contribution in [0, 0.1) is 0 Å². The first kappa shape index (κ1) is 17.5. The number of hydrazine groups is 1. The van der Waals surface area contributed by atoms with Gasteiger partial charge in [-0.25, -0.2) is 5.84 Å². The van der Waals surface area contributed by atoms with E-state index in [0.29, 0.717) is 13.0 Å². The van der Waals surface area contributed by atoms with Gasteiger partial charge in [0.2, 0.25) is 5.91 Å². The van der Waals surface area contributed by atoms with Crippen LogP contribution in [-0.4, -0.2) is 30.1 Å². The molecule has 0 bridgehead atoms. The SMILES string of the molecule is CCCN(Cc1ccc(CC(=O)NN)cc1)CC(F)(F)F. The molecule has 3 N–H and O–H groups in total. The highest BCUT2D eigenvalue weighted by atomic mass is 19.4. The van der Waals surface area contributed by atoms with Crippen LogP contribution >= 0.6 is 0 Å². The third-order valence-corrected chi connectivity index (χ3v) is 2.90. The number of hydrogen-bond donors (Lipinski definition) is 2. The molecule has 0 aliphatic carbocycles. The molecule has 0 aliphatic rings. The van der Waals surface area contributed by atoms with Gasteiger partial charge in [-0.05, 0) is 24.1 Å². The number of nitrogens with one attached hydrogen (secondary N) is 1. The Kier molecular flexibility index (Phi) is 6.64. The quantitative estimate of drug-likeness (QED) is 0.460. The van der Waals surface area contributed by atoms with Crippen LogP contribution in [0.25, 0.3) is 0 Å². The van der Waals surface area contributed by atoms with E-state index in [1.165, 1.54) is 4.90 Å². The fourth-order valence-corrected chi connectivity index (χ4v) is 2.04. The Hall–Kier alpha value is -1.60. The molecule has 0 radical (unpaired) electrons. The van der Waals surface area contributed by atoms with Crippen LogP contribution in [0.1, 0.15) is 24.5 Å². The fourth-order valence-electron chi connectivity index (χ4n) is 2.04. The second-order valence-electron chi connectivity index (χ2n) is 4.89. The molecular formula is C14H20F3N3O. The minimum Gasteiger partial charge on any atom is -0.294 e. The lowest BCUT2D eigenvalue weighted by Gasteiger charge is -2.23. The van der Waals surface area contributed by atoms with Crippen molar-refractivity contribution in [3.63, 3.8) is 0 Å². The summed E-state index contributed by atoms with van der Waals surface area (Å²) in [5.74, 6) is 4.68. The van der Waals surface area contributed by atoms with Gasteiger partial charge >= 0.3 is 6.18 Å². The average Bonchev–Trinajstić information content (AvgIpc) is 2.39. The third-order valence-electron chi connectivity index (χ3n) is 2.90. The van der Waals surface area contributed by atoms with Gasteiger partial charge < -0.3 is 0 Å². The molecule has 1 aromatic carbocycles. The molecule has 1 amide bonds. The van der Waals surface area contributed by atoms with E-state index in [1.807, 2.05) is 12.3 Å². The van der Waals surface area contributed by atoms with E-state index in [1.54, 1.807) is 24.3 Å². The van der Waals surface area contributed by atoms with Crippen molar-refractivity contribution < 1.29 is 18.0 Å². The first-order chi connectivity index (χ1) is 9.84. The summed E-state index contributed by atoms with van der Waals surface area (Å²) in [6.45, 7) is 1.55. The zero-order valence-electron chi connectivity index (χ0n) is 11.9. The number of nitrogens with two attached hydrogens (primary N) is 1. The molecule has 0 fully saturated rings. The van der Waals surface area contributed by atoms with Gasteiger partial charge in [0.05, 0.1) is 13.0 Å². The van der Waals surface area contributed by atoms with Crippen molar-refractivity contribution in [2.75, 3.05) is 13.1 Å². The highest BCUT2D eigenvalue weighted by Crippen LogP contribution is 2.18. The Balaban J connectivity index is 2.65. The van der Waals surface area contributed by atoms with Gasteiger partial charge in [-0.3, -0.25) is 15.1 Å². The largest absolute Gasteiger partial charge is 0.401 e. The van der Waals surface area contributed by atoms with Crippen molar-refractivity contribution in [2.24, 2.45) is 5.84 Å². The van der Waals surface area contributed by atoms with Crippen LogP contribution in [0.15, 0.2) is 24.3 Å². The minimum atomic E-state index is -4.20. The number of hydrogen-bond acceptors (Lipinski definition) is 3. The number of benzene rings is 1. The topological polar surface area (TPSA) is 58.4 Å². The second-order valence-corrected chi connectivity index (χ2v) is 4.89. The van der Waals surface area contributed by atoms with E-state index < -0.39 is 12.7 Å². The van der Waals surface area contributed by atoms with E-state index in [4.69, 9.17) is 5.84 Å². The van der Waals surface area contributed by atoms with E-state index in [0.717, 1.165) is 11.1 Å². The van der Waals surface area contributed by atoms with Crippen molar-refractivity contribution in [2.45, 2.75) is 32.5 Å². The molecular weight excluding hydrogens is 283 g/mol. The predicted octanol–water partition coefficient (Wildman–Crippen LogP) is 1.99. The van der Waals surface area contributed by atoms with Crippen LogP contribution in [0.5, 0.6) is 0 Å². The highest BCUT2D eigenvalue weighted by Gasteiger charge is 2.30. The van der Waals surface area contributed by atoms with Gasteiger partial charge in [0.25, 0.3) is 0 Å². The molecule has 0 aliphatic heterocycles. The molecule has 1 aromatic rings. The maximum Gasteiger partial charge on any atom is 0.401 e. The van der Waals surface area contributed by atoms with Crippen LogP contribution in [0.3, 0.4) is 0 Å². The zero-order valence-corrected chi connectivity index (χ0v) is 11.9. The van der Waals surface area contributed by atoms with Gasteiger partial charge in [-0.15, -0.1) is 0 Å². The van der Waals surface area contributed by atoms with Crippen molar-refractivity contribution in [3.05, 3.63) is 35.4 Å². The standard InChI is InChI=1S/C14H20F3N3O/c1-2-7-20(10-14(15,16)17)9-12-5-3-11(4-6-12)8-13(21)19-18/h3-6H,2,7-10,18H2,1H3,(H,19,21). The summed E-state index contributed by atoms with van der Waals surface area (Å²) in [5, 5.41) is 0. The number of nitrogens with zero attached hydrogens (tertiary/aromatic N) is 1. The Bertz CT molecular complexity index is 446. The predicted molar refractivity (Wildman–Crippen MR) is 74.1 cm³/mol. The number of rotatable bonds is 7. The van der Waals surface area contributed by atoms with Crippen LogP contribution in [-0.2, 0) is 17.8 Å². The van der Waals surface area contributed by atoms with Crippen LogP contribution in [0.2, 0.25) is 0 Å². The summed E-state index contributed by atoms with van der Waals surface area (Å²) >= 11 is 0. The maximum atomic E-state index is 12.5. The van der Waals surface area contributed by atoms with Crippen LogP contribution < -0.4 is 11.3 Å². The first-order valence-corrected chi connectivity index (χ1v) is 6.70. The lowest BCUT2D eigenvalue weighted by Crippen LogP contribution is -2.34. The first-order valence-electron chi connectivity index (χ1n) is 6.70. The van der Waals surface area contributed by atoms with Gasteiger partial charge in [-0.1, -0.05) is 31.2 Å². The smallest absolute Gasteiger partial charge is 0.294 e.